The van der Waals surface area contributed by atoms with E-state index in [1.54, 1.807) is 6.08 Å². The van der Waals surface area contributed by atoms with Gasteiger partial charge in [0.1, 0.15) is 0 Å². The number of nitrogens with two attached hydrogens (primary N) is 2. The van der Waals surface area contributed by atoms with Crippen LogP contribution in [0.15, 0.2) is 60.1 Å². The van der Waals surface area contributed by atoms with Gasteiger partial charge >= 0.3 is 0 Å². The number of carbonyl (C=O) groups excluding carboxylic acids is 2. The number of amides is 2. The largest absolute Gasteiger partial charge is 0.373 e. The van der Waals surface area contributed by atoms with Crippen molar-refractivity contribution in [3.8, 4) is 0 Å². The van der Waals surface area contributed by atoms with Crippen molar-refractivity contribution in [2.45, 2.75) is 44.4 Å². The molecule has 0 saturated carbocycles. The number of nitrogens with one attached hydrogen (secondary N) is 2. The fraction of sp³-hybridized carbons (Fsp3) is 0.444. The van der Waals surface area contributed by atoms with Gasteiger partial charge in [0.2, 0.25) is 5.91 Å². The van der Waals surface area contributed by atoms with Crippen molar-refractivity contribution in [3.05, 3.63) is 60.7 Å². The zero-order valence-corrected chi connectivity index (χ0v) is 21.0. The van der Waals surface area contributed by atoms with Gasteiger partial charge in [0, 0.05) is 37.8 Å². The minimum atomic E-state index is -0.393. The molecular weight excluding hydrogens is 456 g/mol. The van der Waals surface area contributed by atoms with E-state index in [0.29, 0.717) is 57.6 Å². The van der Waals surface area contributed by atoms with Crippen molar-refractivity contribution in [2.75, 3.05) is 32.8 Å². The first-order valence-electron chi connectivity index (χ1n) is 12.5. The predicted molar refractivity (Wildman–Crippen MR) is 144 cm³/mol. The first-order chi connectivity index (χ1) is 17.4. The molecular formula is C27H38N6O3. The van der Waals surface area contributed by atoms with E-state index in [-0.39, 0.29) is 29.9 Å². The lowest BCUT2D eigenvalue weighted by Crippen LogP contribution is -2.49. The number of carbonyl (C=O) groups is 2. The second kappa shape index (κ2) is 13.6. The molecule has 1 aliphatic heterocycles. The SMILES string of the molecule is C=CCOC(C)CN1CCC(CNC(=O)c2ccc3ccccc3c2)NC(CCCN=C(N)N)C1=O. The summed E-state index contributed by atoms with van der Waals surface area (Å²) < 4.78 is 5.69. The normalized spacial score (nSPS) is 18.9. The van der Waals surface area contributed by atoms with Crippen LogP contribution in [0.5, 0.6) is 0 Å². The summed E-state index contributed by atoms with van der Waals surface area (Å²) in [6.07, 6.45) is 3.54. The highest BCUT2D eigenvalue weighted by molar-refractivity contribution is 5.98. The van der Waals surface area contributed by atoms with Crippen molar-refractivity contribution in [3.63, 3.8) is 0 Å². The highest BCUT2D eigenvalue weighted by Gasteiger charge is 2.31. The van der Waals surface area contributed by atoms with Gasteiger partial charge in [-0.1, -0.05) is 36.4 Å². The van der Waals surface area contributed by atoms with Crippen LogP contribution >= 0.6 is 0 Å². The summed E-state index contributed by atoms with van der Waals surface area (Å²) >= 11 is 0. The summed E-state index contributed by atoms with van der Waals surface area (Å²) in [5.41, 5.74) is 11.5. The molecule has 2 aromatic rings. The van der Waals surface area contributed by atoms with Crippen LogP contribution in [0.1, 0.15) is 36.5 Å². The van der Waals surface area contributed by atoms with Crippen LogP contribution in [0.3, 0.4) is 0 Å². The molecule has 1 heterocycles. The maximum absolute atomic E-state index is 13.3. The van der Waals surface area contributed by atoms with Crippen molar-refractivity contribution in [1.82, 2.24) is 15.5 Å². The maximum atomic E-state index is 13.3. The standard InChI is InChI=1S/C27H38N6O3/c1-3-15-36-19(2)18-33-14-12-23(32-24(26(33)35)9-6-13-30-27(28)29)17-31-25(34)22-11-10-20-7-4-5-8-21(20)16-22/h3-5,7-8,10-11,16,19,23-24,32H,1,6,9,12-15,17-18H2,2H3,(H,31,34)(H4,28,29,30). The minimum absolute atomic E-state index is 0.0251. The summed E-state index contributed by atoms with van der Waals surface area (Å²) in [7, 11) is 0. The number of fused-ring (bicyclic) bond motifs is 1. The number of nitrogens with zero attached hydrogens (tertiary/aromatic N) is 2. The van der Waals surface area contributed by atoms with Crippen molar-refractivity contribution in [2.24, 2.45) is 16.5 Å². The lowest BCUT2D eigenvalue weighted by atomic mass is 10.1. The van der Waals surface area contributed by atoms with E-state index in [2.05, 4.69) is 22.2 Å². The Kier molecular flexibility index (Phi) is 10.3. The molecule has 0 spiro atoms. The minimum Gasteiger partial charge on any atom is -0.373 e. The Labute approximate surface area is 212 Å². The number of guanidine groups is 1. The average Bonchev–Trinajstić information content (AvgIpc) is 3.02. The Hall–Kier alpha value is -3.43. The number of hydrogen-bond acceptors (Lipinski definition) is 5. The fourth-order valence-electron chi connectivity index (χ4n) is 4.38. The Balaban J connectivity index is 1.63. The second-order valence-electron chi connectivity index (χ2n) is 9.14. The van der Waals surface area contributed by atoms with Crippen LogP contribution < -0.4 is 22.1 Å². The van der Waals surface area contributed by atoms with Crippen LogP contribution in [-0.4, -0.2) is 73.6 Å². The molecule has 1 saturated heterocycles. The van der Waals surface area contributed by atoms with Crippen LogP contribution in [-0.2, 0) is 9.53 Å². The Morgan fingerprint density at radius 3 is 2.83 bits per heavy atom. The third-order valence-corrected chi connectivity index (χ3v) is 6.24. The van der Waals surface area contributed by atoms with E-state index in [4.69, 9.17) is 16.2 Å². The number of rotatable bonds is 12. The highest BCUT2D eigenvalue weighted by atomic mass is 16.5. The van der Waals surface area contributed by atoms with Gasteiger partial charge in [-0.25, -0.2) is 0 Å². The van der Waals surface area contributed by atoms with Crippen LogP contribution in [0, 0.1) is 0 Å². The van der Waals surface area contributed by atoms with Crippen molar-refractivity contribution < 1.29 is 14.3 Å². The molecule has 36 heavy (non-hydrogen) atoms. The van der Waals surface area contributed by atoms with E-state index < -0.39 is 6.04 Å². The van der Waals surface area contributed by atoms with E-state index in [1.165, 1.54) is 0 Å². The number of aliphatic imine (C=N–C) groups is 1. The highest BCUT2D eigenvalue weighted by Crippen LogP contribution is 2.16. The van der Waals surface area contributed by atoms with Crippen molar-refractivity contribution >= 4 is 28.5 Å². The molecule has 6 N–H and O–H groups in total. The van der Waals surface area contributed by atoms with Crippen molar-refractivity contribution in [1.29, 1.82) is 0 Å². The molecule has 1 fully saturated rings. The quantitative estimate of drug-likeness (QED) is 0.154. The molecule has 0 aromatic heterocycles. The van der Waals surface area contributed by atoms with Crippen LogP contribution in [0.2, 0.25) is 0 Å². The molecule has 3 rings (SSSR count). The molecule has 194 valence electrons. The average molecular weight is 495 g/mol. The Morgan fingerprint density at radius 2 is 2.08 bits per heavy atom. The lowest BCUT2D eigenvalue weighted by molar-refractivity contribution is -0.134. The Bertz CT molecular complexity index is 1070. The third kappa shape index (κ3) is 8.07. The first kappa shape index (κ1) is 27.2. The summed E-state index contributed by atoms with van der Waals surface area (Å²) in [5.74, 6) is -0.0675. The van der Waals surface area contributed by atoms with Gasteiger partial charge < -0.3 is 31.7 Å². The van der Waals surface area contributed by atoms with Gasteiger partial charge in [-0.2, -0.15) is 0 Å². The molecule has 0 radical (unpaired) electrons. The molecule has 1 aliphatic rings. The lowest BCUT2D eigenvalue weighted by Gasteiger charge is -2.27. The van der Waals surface area contributed by atoms with Gasteiger partial charge in [0.15, 0.2) is 5.96 Å². The van der Waals surface area contributed by atoms with Gasteiger partial charge in [0.05, 0.1) is 18.8 Å². The molecule has 3 unspecified atom stereocenters. The fourth-order valence-corrected chi connectivity index (χ4v) is 4.38. The van der Waals surface area contributed by atoms with E-state index in [0.717, 1.165) is 10.8 Å². The summed E-state index contributed by atoms with van der Waals surface area (Å²) in [5, 5.41) is 8.61. The van der Waals surface area contributed by atoms with Crippen LogP contribution in [0.25, 0.3) is 10.8 Å². The molecule has 0 bridgehead atoms. The van der Waals surface area contributed by atoms with Gasteiger partial charge in [-0.3, -0.25) is 14.6 Å². The van der Waals surface area contributed by atoms with Gasteiger partial charge in [-0.15, -0.1) is 6.58 Å². The third-order valence-electron chi connectivity index (χ3n) is 6.24. The number of ether oxygens (including phenoxy) is 1. The second-order valence-corrected chi connectivity index (χ2v) is 9.14. The summed E-state index contributed by atoms with van der Waals surface area (Å²) in [6.45, 7) is 8.01. The molecule has 2 aromatic carbocycles. The molecule has 9 nitrogen and oxygen atoms in total. The van der Waals surface area contributed by atoms with Gasteiger partial charge in [-0.05, 0) is 49.1 Å². The van der Waals surface area contributed by atoms with Gasteiger partial charge in [0.25, 0.3) is 5.91 Å². The summed E-state index contributed by atoms with van der Waals surface area (Å²) in [4.78, 5) is 32.1. The molecule has 9 heteroatoms. The molecule has 3 atom stereocenters. The van der Waals surface area contributed by atoms with E-state index in [9.17, 15) is 9.59 Å². The summed E-state index contributed by atoms with van der Waals surface area (Å²) in [6, 6.07) is 13.2. The smallest absolute Gasteiger partial charge is 0.251 e. The van der Waals surface area contributed by atoms with E-state index >= 15 is 0 Å². The predicted octanol–water partition coefficient (Wildman–Crippen LogP) is 1.77. The van der Waals surface area contributed by atoms with E-state index in [1.807, 2.05) is 54.3 Å². The zero-order chi connectivity index (χ0) is 25.9. The monoisotopic (exact) mass is 494 g/mol. The topological polar surface area (TPSA) is 135 Å². The Morgan fingerprint density at radius 1 is 1.31 bits per heavy atom. The molecule has 2 amide bonds. The number of hydrogen-bond donors (Lipinski definition) is 4. The maximum Gasteiger partial charge on any atom is 0.251 e. The van der Waals surface area contributed by atoms with Crippen LogP contribution in [0.4, 0.5) is 0 Å². The molecule has 0 aliphatic carbocycles. The first-order valence-corrected chi connectivity index (χ1v) is 12.5. The number of benzene rings is 2. The zero-order valence-electron chi connectivity index (χ0n) is 21.0.